The summed E-state index contributed by atoms with van der Waals surface area (Å²) in [5, 5.41) is 9.48. The van der Waals surface area contributed by atoms with E-state index >= 15 is 0 Å². The molecule has 2 aromatic heterocycles. The molecule has 0 spiro atoms. The zero-order valence-electron chi connectivity index (χ0n) is 16.5. The first-order chi connectivity index (χ1) is 14.2. The molecule has 154 valence electrons. The van der Waals surface area contributed by atoms with E-state index in [1.807, 2.05) is 24.0 Å². The molecule has 1 saturated heterocycles. The van der Waals surface area contributed by atoms with Gasteiger partial charge in [-0.25, -0.2) is 0 Å². The number of rotatable bonds is 7. The molecule has 0 unspecified atom stereocenters. The quantitative estimate of drug-likeness (QED) is 0.507. The third-order valence-electron chi connectivity index (χ3n) is 5.29. The van der Waals surface area contributed by atoms with Crippen LogP contribution in [0, 0.1) is 5.92 Å². The van der Waals surface area contributed by atoms with Crippen molar-refractivity contribution in [2.24, 2.45) is 5.92 Å². The van der Waals surface area contributed by atoms with Gasteiger partial charge in [-0.2, -0.15) is 0 Å². The number of pyridine rings is 1. The number of piperidine rings is 1. The molecule has 3 heterocycles. The van der Waals surface area contributed by atoms with Crippen LogP contribution in [0.15, 0.2) is 29.7 Å². The lowest BCUT2D eigenvalue weighted by Crippen LogP contribution is -2.41. The molecule has 1 saturated carbocycles. The molecule has 0 aromatic carbocycles. The maximum absolute atomic E-state index is 12.7. The number of thioether (sulfide) groups is 1. The van der Waals surface area contributed by atoms with Crippen molar-refractivity contribution in [1.29, 1.82) is 0 Å². The van der Waals surface area contributed by atoms with Crippen molar-refractivity contribution in [3.8, 4) is 11.4 Å². The number of nitrogens with zero attached hydrogens (tertiary/aromatic N) is 5. The Hall–Kier alpha value is -2.42. The molecule has 2 aliphatic rings. The number of hydrogen-bond donors (Lipinski definition) is 0. The normalized spacial score (nSPS) is 17.3. The van der Waals surface area contributed by atoms with Gasteiger partial charge in [0.15, 0.2) is 11.0 Å². The van der Waals surface area contributed by atoms with E-state index in [1.54, 1.807) is 12.4 Å². The van der Waals surface area contributed by atoms with Crippen LogP contribution in [0.4, 0.5) is 0 Å². The predicted molar refractivity (Wildman–Crippen MR) is 108 cm³/mol. The largest absolute Gasteiger partial charge is 0.466 e. The van der Waals surface area contributed by atoms with E-state index in [4.69, 9.17) is 4.74 Å². The Morgan fingerprint density at radius 2 is 2.00 bits per heavy atom. The molecule has 1 aliphatic heterocycles. The monoisotopic (exact) mass is 415 g/mol. The number of aromatic nitrogens is 4. The van der Waals surface area contributed by atoms with Crippen molar-refractivity contribution in [2.75, 3.05) is 25.4 Å². The average molecular weight is 416 g/mol. The molecule has 2 aromatic rings. The zero-order chi connectivity index (χ0) is 20.2. The van der Waals surface area contributed by atoms with Crippen LogP contribution in [-0.4, -0.2) is 62.0 Å². The second-order valence-corrected chi connectivity index (χ2v) is 8.29. The van der Waals surface area contributed by atoms with Gasteiger partial charge in [-0.1, -0.05) is 11.8 Å². The highest BCUT2D eigenvalue weighted by molar-refractivity contribution is 7.99. The SMILES string of the molecule is CCOC(=O)C1CCN(C(=O)CSc2nnc(-c3cccnc3)n2C2CC2)CC1. The van der Waals surface area contributed by atoms with Gasteiger partial charge in [0.1, 0.15) is 0 Å². The molecule has 2 fully saturated rings. The Kier molecular flexibility index (Phi) is 6.13. The van der Waals surface area contributed by atoms with Gasteiger partial charge in [0.25, 0.3) is 0 Å². The van der Waals surface area contributed by atoms with Crippen LogP contribution in [0.2, 0.25) is 0 Å². The Bertz CT molecular complexity index is 860. The fraction of sp³-hybridized carbons (Fsp3) is 0.550. The Balaban J connectivity index is 1.36. The number of esters is 1. The molecule has 0 radical (unpaired) electrons. The van der Waals surface area contributed by atoms with E-state index in [2.05, 4.69) is 19.7 Å². The van der Waals surface area contributed by atoms with Crippen molar-refractivity contribution in [3.63, 3.8) is 0 Å². The van der Waals surface area contributed by atoms with Gasteiger partial charge >= 0.3 is 5.97 Å². The Labute approximate surface area is 174 Å². The maximum Gasteiger partial charge on any atom is 0.309 e. The second kappa shape index (κ2) is 8.94. The van der Waals surface area contributed by atoms with Crippen molar-refractivity contribution in [1.82, 2.24) is 24.6 Å². The van der Waals surface area contributed by atoms with Crippen LogP contribution in [0.1, 0.15) is 38.6 Å². The van der Waals surface area contributed by atoms with Crippen LogP contribution >= 0.6 is 11.8 Å². The highest BCUT2D eigenvalue weighted by Crippen LogP contribution is 2.41. The Morgan fingerprint density at radius 1 is 1.21 bits per heavy atom. The van der Waals surface area contributed by atoms with Crippen LogP contribution in [-0.2, 0) is 14.3 Å². The molecule has 29 heavy (non-hydrogen) atoms. The number of likely N-dealkylation sites (tertiary alicyclic amines) is 1. The fourth-order valence-electron chi connectivity index (χ4n) is 3.57. The Morgan fingerprint density at radius 3 is 2.66 bits per heavy atom. The molecule has 4 rings (SSSR count). The topological polar surface area (TPSA) is 90.2 Å². The molecule has 1 aliphatic carbocycles. The van der Waals surface area contributed by atoms with E-state index < -0.39 is 0 Å². The third kappa shape index (κ3) is 4.60. The summed E-state index contributed by atoms with van der Waals surface area (Å²) in [5.74, 6) is 0.972. The van der Waals surface area contributed by atoms with E-state index in [1.165, 1.54) is 11.8 Å². The first-order valence-electron chi connectivity index (χ1n) is 10.1. The highest BCUT2D eigenvalue weighted by Gasteiger charge is 2.31. The van der Waals surface area contributed by atoms with Gasteiger partial charge in [-0.05, 0) is 44.7 Å². The summed E-state index contributed by atoms with van der Waals surface area (Å²) >= 11 is 1.43. The summed E-state index contributed by atoms with van der Waals surface area (Å²) in [6, 6.07) is 4.26. The fourth-order valence-corrected chi connectivity index (χ4v) is 4.48. The molecule has 0 N–H and O–H groups in total. The summed E-state index contributed by atoms with van der Waals surface area (Å²) in [6.07, 6.45) is 7.07. The lowest BCUT2D eigenvalue weighted by Gasteiger charge is -2.30. The molecule has 0 bridgehead atoms. The number of amides is 1. The van der Waals surface area contributed by atoms with Crippen LogP contribution in [0.5, 0.6) is 0 Å². The van der Waals surface area contributed by atoms with E-state index in [0.717, 1.165) is 29.4 Å². The molecule has 0 atom stereocenters. The predicted octanol–water partition coefficient (Wildman–Crippen LogP) is 2.57. The molecule has 1 amide bonds. The lowest BCUT2D eigenvalue weighted by atomic mass is 9.97. The minimum absolute atomic E-state index is 0.0746. The smallest absolute Gasteiger partial charge is 0.309 e. The number of ether oxygens (including phenoxy) is 1. The number of carbonyl (C=O) groups excluding carboxylic acids is 2. The maximum atomic E-state index is 12.7. The van der Waals surface area contributed by atoms with E-state index in [-0.39, 0.29) is 17.8 Å². The van der Waals surface area contributed by atoms with Crippen molar-refractivity contribution < 1.29 is 14.3 Å². The van der Waals surface area contributed by atoms with Crippen molar-refractivity contribution in [3.05, 3.63) is 24.5 Å². The number of hydrogen-bond acceptors (Lipinski definition) is 7. The molecule has 8 nitrogen and oxygen atoms in total. The van der Waals surface area contributed by atoms with Gasteiger partial charge in [0.05, 0.1) is 18.3 Å². The zero-order valence-corrected chi connectivity index (χ0v) is 17.3. The van der Waals surface area contributed by atoms with Crippen molar-refractivity contribution in [2.45, 2.75) is 43.8 Å². The van der Waals surface area contributed by atoms with Gasteiger partial charge in [-0.3, -0.25) is 19.1 Å². The van der Waals surface area contributed by atoms with Crippen LogP contribution in [0.3, 0.4) is 0 Å². The average Bonchev–Trinajstić information content (AvgIpc) is 3.51. The molecular formula is C20H25N5O3S. The summed E-state index contributed by atoms with van der Waals surface area (Å²) in [4.78, 5) is 30.5. The standard InChI is InChI=1S/C20H25N5O3S/c1-2-28-19(27)14-7-10-24(11-8-14)17(26)13-29-20-23-22-18(25(20)16-5-6-16)15-4-3-9-21-12-15/h3-4,9,12,14,16H,2,5-8,10-11,13H2,1H3. The second-order valence-electron chi connectivity index (χ2n) is 7.34. The van der Waals surface area contributed by atoms with Crippen LogP contribution < -0.4 is 0 Å². The van der Waals surface area contributed by atoms with Gasteiger partial charge in [0, 0.05) is 37.1 Å². The van der Waals surface area contributed by atoms with E-state index in [0.29, 0.717) is 44.3 Å². The number of carbonyl (C=O) groups is 2. The highest BCUT2D eigenvalue weighted by atomic mass is 32.2. The van der Waals surface area contributed by atoms with E-state index in [9.17, 15) is 9.59 Å². The summed E-state index contributed by atoms with van der Waals surface area (Å²) < 4.78 is 7.23. The van der Waals surface area contributed by atoms with Crippen LogP contribution in [0.25, 0.3) is 11.4 Å². The minimum atomic E-state index is -0.144. The minimum Gasteiger partial charge on any atom is -0.466 e. The first kappa shape index (κ1) is 19.9. The van der Waals surface area contributed by atoms with Crippen molar-refractivity contribution >= 4 is 23.6 Å². The summed E-state index contributed by atoms with van der Waals surface area (Å²) in [7, 11) is 0. The molecule has 9 heteroatoms. The van der Waals surface area contributed by atoms with Gasteiger partial charge < -0.3 is 9.64 Å². The first-order valence-corrected chi connectivity index (χ1v) is 11.1. The van der Waals surface area contributed by atoms with Gasteiger partial charge in [-0.15, -0.1) is 10.2 Å². The third-order valence-corrected chi connectivity index (χ3v) is 6.22. The lowest BCUT2D eigenvalue weighted by molar-refractivity contribution is -0.151. The summed E-state index contributed by atoms with van der Waals surface area (Å²) in [5.41, 5.74) is 0.936. The molecular weight excluding hydrogens is 390 g/mol. The summed E-state index contributed by atoms with van der Waals surface area (Å²) in [6.45, 7) is 3.41. The van der Waals surface area contributed by atoms with Gasteiger partial charge in [0.2, 0.25) is 5.91 Å².